The lowest BCUT2D eigenvalue weighted by Gasteiger charge is -2.16. The molecule has 1 rings (SSSR count). The fourth-order valence-electron chi connectivity index (χ4n) is 1.26. The summed E-state index contributed by atoms with van der Waals surface area (Å²) in [6.45, 7) is 0. The summed E-state index contributed by atoms with van der Waals surface area (Å²) in [6.07, 6.45) is 0. The molecule has 0 unspecified atom stereocenters. The summed E-state index contributed by atoms with van der Waals surface area (Å²) in [5, 5.41) is 11.2. The lowest BCUT2D eigenvalue weighted by atomic mass is 10.1. The first kappa shape index (κ1) is 16.9. The van der Waals surface area contributed by atoms with Crippen molar-refractivity contribution in [1.82, 2.24) is 0 Å². The minimum absolute atomic E-state index is 0.0492. The van der Waals surface area contributed by atoms with Crippen LogP contribution in [0.4, 0.5) is 5.69 Å². The molecule has 1 aromatic carbocycles. The minimum Gasteiger partial charge on any atom is -0.402 e. The molecule has 0 bridgehead atoms. The van der Waals surface area contributed by atoms with E-state index in [-0.39, 0.29) is 22.0 Å². The molecule has 0 saturated carbocycles. The summed E-state index contributed by atoms with van der Waals surface area (Å²) < 4.78 is 26.0. The van der Waals surface area contributed by atoms with E-state index in [0.717, 1.165) is 19.8 Å². The van der Waals surface area contributed by atoms with E-state index in [1.54, 1.807) is 0 Å². The smallest absolute Gasteiger partial charge is 0.402 e. The topological polar surface area (TPSA) is 87.9 Å². The Morgan fingerprint density at radius 1 is 1.40 bits per heavy atom. The normalized spacial score (nSPS) is 12.3. The molecule has 0 aromatic heterocycles. The highest BCUT2D eigenvalue weighted by Gasteiger charge is 2.29. The number of phosphoric ester groups is 1. The SMILES string of the molecule is COP(=O)(OC)O/C(=C/Cl)c1cc(Cl)ccc1[N+](=O)[O-]. The maximum atomic E-state index is 11.9. The van der Waals surface area contributed by atoms with Crippen LogP contribution in [-0.2, 0) is 18.1 Å². The van der Waals surface area contributed by atoms with Gasteiger partial charge in [0.15, 0.2) is 5.76 Å². The van der Waals surface area contributed by atoms with Gasteiger partial charge in [0.2, 0.25) is 0 Å². The van der Waals surface area contributed by atoms with Crippen LogP contribution in [0.3, 0.4) is 0 Å². The molecule has 0 heterocycles. The summed E-state index contributed by atoms with van der Waals surface area (Å²) in [7, 11) is -1.70. The Balaban J connectivity index is 3.30. The highest BCUT2D eigenvalue weighted by atomic mass is 35.5. The summed E-state index contributed by atoms with van der Waals surface area (Å²) in [5.41, 5.74) is 0.510. The molecule has 0 atom stereocenters. The van der Waals surface area contributed by atoms with Crippen molar-refractivity contribution in [1.29, 1.82) is 0 Å². The number of halogens is 2. The third-order valence-electron chi connectivity index (χ3n) is 2.18. The molecule has 0 radical (unpaired) electrons. The van der Waals surface area contributed by atoms with Crippen LogP contribution in [0.2, 0.25) is 5.02 Å². The summed E-state index contributed by atoms with van der Waals surface area (Å²) in [6, 6.07) is 3.76. The largest absolute Gasteiger partial charge is 0.529 e. The molecule has 110 valence electrons. The Kier molecular flexibility index (Phi) is 5.98. The zero-order valence-electron chi connectivity index (χ0n) is 10.4. The van der Waals surface area contributed by atoms with Crippen LogP contribution in [0.1, 0.15) is 5.56 Å². The van der Waals surface area contributed by atoms with Crippen molar-refractivity contribution in [2.24, 2.45) is 0 Å². The molecule has 0 aliphatic heterocycles. The van der Waals surface area contributed by atoms with Crippen LogP contribution in [0.25, 0.3) is 5.76 Å². The second-order valence-electron chi connectivity index (χ2n) is 3.30. The second-order valence-corrected chi connectivity index (χ2v) is 5.76. The van der Waals surface area contributed by atoms with E-state index in [1.807, 2.05) is 0 Å². The van der Waals surface area contributed by atoms with Gasteiger partial charge in [-0.25, -0.2) is 4.57 Å². The van der Waals surface area contributed by atoms with Gasteiger partial charge in [0.1, 0.15) is 0 Å². The molecule has 10 heteroatoms. The van der Waals surface area contributed by atoms with Gasteiger partial charge in [-0.05, 0) is 12.1 Å². The molecule has 0 spiro atoms. The number of phosphoric acid groups is 1. The number of nitro benzene ring substituents is 1. The van der Waals surface area contributed by atoms with Gasteiger partial charge in [0, 0.05) is 30.8 Å². The second kappa shape index (κ2) is 7.06. The quantitative estimate of drug-likeness (QED) is 0.333. The van der Waals surface area contributed by atoms with Crippen molar-refractivity contribution in [3.05, 3.63) is 44.4 Å². The summed E-state index contributed by atoms with van der Waals surface area (Å²) in [5.74, 6) is -0.257. The minimum atomic E-state index is -3.90. The first-order chi connectivity index (χ1) is 9.36. The lowest BCUT2D eigenvalue weighted by Crippen LogP contribution is -1.99. The highest BCUT2D eigenvalue weighted by molar-refractivity contribution is 7.48. The number of nitrogens with zero attached hydrogens (tertiary/aromatic N) is 1. The maximum Gasteiger partial charge on any atom is 0.529 e. The molecule has 20 heavy (non-hydrogen) atoms. The predicted molar refractivity (Wildman–Crippen MR) is 74.6 cm³/mol. The van der Waals surface area contributed by atoms with Gasteiger partial charge >= 0.3 is 7.82 Å². The third-order valence-corrected chi connectivity index (χ3v) is 3.93. The van der Waals surface area contributed by atoms with Crippen LogP contribution in [-0.4, -0.2) is 19.1 Å². The van der Waals surface area contributed by atoms with Crippen molar-refractivity contribution in [3.8, 4) is 0 Å². The Labute approximate surface area is 124 Å². The molecule has 0 aliphatic rings. The summed E-state index contributed by atoms with van der Waals surface area (Å²) >= 11 is 11.3. The van der Waals surface area contributed by atoms with Gasteiger partial charge in [-0.2, -0.15) is 0 Å². The van der Waals surface area contributed by atoms with Gasteiger partial charge in [0.25, 0.3) is 5.69 Å². The first-order valence-electron chi connectivity index (χ1n) is 5.02. The van der Waals surface area contributed by atoms with E-state index in [0.29, 0.717) is 0 Å². The molecule has 1 aromatic rings. The van der Waals surface area contributed by atoms with E-state index in [1.165, 1.54) is 18.2 Å². The number of benzene rings is 1. The van der Waals surface area contributed by atoms with Gasteiger partial charge < -0.3 is 4.52 Å². The fourth-order valence-corrected chi connectivity index (χ4v) is 2.35. The van der Waals surface area contributed by atoms with Gasteiger partial charge in [-0.3, -0.25) is 19.2 Å². The van der Waals surface area contributed by atoms with Crippen molar-refractivity contribution >= 4 is 42.5 Å². The average molecular weight is 342 g/mol. The standard InChI is InChI=1S/C10H10Cl2NO6P/c1-17-20(16,18-2)19-10(6-11)8-5-7(12)3-4-9(8)13(14)15/h3-6H,1-2H3/b10-6+. The first-order valence-corrected chi connectivity index (χ1v) is 7.30. The Hall–Kier alpha value is -1.11. The van der Waals surface area contributed by atoms with Gasteiger partial charge in [-0.1, -0.05) is 23.2 Å². The van der Waals surface area contributed by atoms with Crippen molar-refractivity contribution in [2.75, 3.05) is 14.2 Å². The van der Waals surface area contributed by atoms with Gasteiger partial charge in [-0.15, -0.1) is 0 Å². The summed E-state index contributed by atoms with van der Waals surface area (Å²) in [4.78, 5) is 10.3. The van der Waals surface area contributed by atoms with Crippen LogP contribution < -0.4 is 0 Å². The van der Waals surface area contributed by atoms with Crippen LogP contribution >= 0.6 is 31.0 Å². The molecule has 0 aliphatic carbocycles. The maximum absolute atomic E-state index is 11.9. The number of hydrogen-bond donors (Lipinski definition) is 0. The van der Waals surface area contributed by atoms with E-state index in [2.05, 4.69) is 9.05 Å². The van der Waals surface area contributed by atoms with E-state index in [9.17, 15) is 14.7 Å². The van der Waals surface area contributed by atoms with Crippen LogP contribution in [0.15, 0.2) is 23.7 Å². The number of hydrogen-bond acceptors (Lipinski definition) is 6. The van der Waals surface area contributed by atoms with E-state index in [4.69, 9.17) is 27.7 Å². The molecular formula is C10H10Cl2NO6P. The predicted octanol–water partition coefficient (Wildman–Crippen LogP) is 4.20. The molecule has 0 N–H and O–H groups in total. The molecular weight excluding hydrogens is 332 g/mol. The fraction of sp³-hybridized carbons (Fsp3) is 0.200. The van der Waals surface area contributed by atoms with Crippen LogP contribution in [0, 0.1) is 10.1 Å². The Bertz CT molecular complexity index is 583. The van der Waals surface area contributed by atoms with Crippen molar-refractivity contribution in [2.45, 2.75) is 0 Å². The average Bonchev–Trinajstić information content (AvgIpc) is 2.44. The molecule has 7 nitrogen and oxygen atoms in total. The zero-order chi connectivity index (χ0) is 15.3. The molecule has 0 amide bonds. The Morgan fingerprint density at radius 3 is 2.45 bits per heavy atom. The van der Waals surface area contributed by atoms with Gasteiger partial charge in [0.05, 0.1) is 10.5 Å². The number of rotatable bonds is 6. The van der Waals surface area contributed by atoms with E-state index >= 15 is 0 Å². The molecule has 0 fully saturated rings. The lowest BCUT2D eigenvalue weighted by molar-refractivity contribution is -0.385. The number of nitro groups is 1. The zero-order valence-corrected chi connectivity index (χ0v) is 12.8. The molecule has 0 saturated heterocycles. The highest BCUT2D eigenvalue weighted by Crippen LogP contribution is 2.52. The van der Waals surface area contributed by atoms with Crippen molar-refractivity contribution < 1.29 is 23.1 Å². The monoisotopic (exact) mass is 341 g/mol. The third kappa shape index (κ3) is 3.94. The van der Waals surface area contributed by atoms with Crippen molar-refractivity contribution in [3.63, 3.8) is 0 Å². The Morgan fingerprint density at radius 2 is 2.00 bits per heavy atom. The van der Waals surface area contributed by atoms with Crippen LogP contribution in [0.5, 0.6) is 0 Å². The van der Waals surface area contributed by atoms with E-state index < -0.39 is 12.7 Å².